The number of hydrogen-bond acceptors (Lipinski definition) is 3. The zero-order chi connectivity index (χ0) is 13.8. The van der Waals surface area contributed by atoms with Crippen LogP contribution in [-0.2, 0) is 6.61 Å². The molecule has 0 aliphatic heterocycles. The maximum Gasteiger partial charge on any atom is 0.248 e. The third-order valence-corrected chi connectivity index (χ3v) is 2.80. The Morgan fingerprint density at radius 3 is 2.32 bits per heavy atom. The van der Waals surface area contributed by atoms with Crippen molar-refractivity contribution in [1.29, 1.82) is 0 Å². The van der Waals surface area contributed by atoms with Crippen LogP contribution in [0.5, 0.6) is 11.5 Å². The second-order valence-corrected chi connectivity index (χ2v) is 4.25. The molecule has 1 amide bonds. The van der Waals surface area contributed by atoms with Gasteiger partial charge in [0.15, 0.2) is 0 Å². The summed E-state index contributed by atoms with van der Waals surface area (Å²) in [5.74, 6) is 0.860. The van der Waals surface area contributed by atoms with E-state index in [1.54, 1.807) is 42.5 Å². The van der Waals surface area contributed by atoms with Crippen molar-refractivity contribution in [2.75, 3.05) is 0 Å². The van der Waals surface area contributed by atoms with Crippen LogP contribution in [0.1, 0.15) is 21.5 Å². The third-order valence-electron chi connectivity index (χ3n) is 2.80. The van der Waals surface area contributed by atoms with Crippen LogP contribution in [0.3, 0.4) is 0 Å². The third kappa shape index (κ3) is 3.11. The summed E-state index contributed by atoms with van der Waals surface area (Å²) < 4.78 is 5.66. The van der Waals surface area contributed by atoms with E-state index < -0.39 is 5.91 Å². The molecule has 98 valence electrons. The Kier molecular flexibility index (Phi) is 3.82. The summed E-state index contributed by atoms with van der Waals surface area (Å²) in [5.41, 5.74) is 7.34. The summed E-state index contributed by atoms with van der Waals surface area (Å²) in [6.07, 6.45) is 0. The van der Waals surface area contributed by atoms with Crippen LogP contribution in [0.25, 0.3) is 0 Å². The highest BCUT2D eigenvalue weighted by Crippen LogP contribution is 2.24. The van der Waals surface area contributed by atoms with Crippen molar-refractivity contribution in [2.45, 2.75) is 13.5 Å². The van der Waals surface area contributed by atoms with E-state index in [0.717, 1.165) is 11.1 Å². The van der Waals surface area contributed by atoms with Gasteiger partial charge in [0.05, 0.1) is 6.61 Å². The maximum atomic E-state index is 11.1. The summed E-state index contributed by atoms with van der Waals surface area (Å²) in [5, 5.41) is 8.95. The van der Waals surface area contributed by atoms with Crippen LogP contribution in [0.2, 0.25) is 0 Å². The lowest BCUT2D eigenvalue weighted by Gasteiger charge is -2.08. The number of nitrogens with two attached hydrogens (primary N) is 1. The minimum absolute atomic E-state index is 0.00664. The van der Waals surface area contributed by atoms with Crippen molar-refractivity contribution in [2.24, 2.45) is 5.73 Å². The molecular weight excluding hydrogens is 242 g/mol. The first-order valence-corrected chi connectivity index (χ1v) is 5.88. The molecule has 0 aliphatic rings. The molecule has 2 aromatic carbocycles. The van der Waals surface area contributed by atoms with Crippen LogP contribution in [0.15, 0.2) is 42.5 Å². The average molecular weight is 257 g/mol. The predicted octanol–water partition coefficient (Wildman–Crippen LogP) is 2.38. The summed E-state index contributed by atoms with van der Waals surface area (Å²) in [6.45, 7) is 1.81. The van der Waals surface area contributed by atoms with Crippen LogP contribution in [-0.4, -0.2) is 11.0 Å². The summed E-state index contributed by atoms with van der Waals surface area (Å²) in [7, 11) is 0. The molecule has 0 unspecified atom stereocenters. The number of carbonyl (C=O) groups is 1. The number of aliphatic hydroxyl groups excluding tert-OH is 1. The fourth-order valence-electron chi connectivity index (χ4n) is 1.78. The van der Waals surface area contributed by atoms with Gasteiger partial charge in [-0.05, 0) is 48.4 Å². The van der Waals surface area contributed by atoms with E-state index in [2.05, 4.69) is 0 Å². The van der Waals surface area contributed by atoms with Crippen molar-refractivity contribution in [3.05, 3.63) is 59.2 Å². The zero-order valence-corrected chi connectivity index (χ0v) is 10.6. The van der Waals surface area contributed by atoms with Crippen molar-refractivity contribution in [3.63, 3.8) is 0 Å². The quantitative estimate of drug-likeness (QED) is 0.883. The second-order valence-electron chi connectivity index (χ2n) is 4.25. The van der Waals surface area contributed by atoms with E-state index in [1.165, 1.54) is 0 Å². The number of primary amides is 1. The highest BCUT2D eigenvalue weighted by atomic mass is 16.5. The van der Waals surface area contributed by atoms with Crippen LogP contribution in [0, 0.1) is 6.92 Å². The van der Waals surface area contributed by atoms with Gasteiger partial charge in [-0.25, -0.2) is 0 Å². The normalized spacial score (nSPS) is 10.2. The van der Waals surface area contributed by atoms with Gasteiger partial charge in [-0.2, -0.15) is 0 Å². The van der Waals surface area contributed by atoms with Crippen molar-refractivity contribution in [1.82, 2.24) is 0 Å². The first-order valence-electron chi connectivity index (χ1n) is 5.88. The van der Waals surface area contributed by atoms with Crippen molar-refractivity contribution >= 4 is 5.91 Å². The molecule has 4 nitrogen and oxygen atoms in total. The van der Waals surface area contributed by atoms with Gasteiger partial charge < -0.3 is 15.6 Å². The average Bonchev–Trinajstić information content (AvgIpc) is 2.39. The van der Waals surface area contributed by atoms with E-state index in [9.17, 15) is 4.79 Å². The topological polar surface area (TPSA) is 72.6 Å². The van der Waals surface area contributed by atoms with E-state index >= 15 is 0 Å². The first kappa shape index (κ1) is 13.1. The summed E-state index contributed by atoms with van der Waals surface area (Å²) in [4.78, 5) is 11.1. The number of aliphatic hydroxyl groups is 1. The summed E-state index contributed by atoms with van der Waals surface area (Å²) in [6, 6.07) is 12.3. The predicted molar refractivity (Wildman–Crippen MR) is 72.1 cm³/mol. The fraction of sp³-hybridized carbons (Fsp3) is 0.133. The molecule has 0 heterocycles. The second kappa shape index (κ2) is 5.54. The molecule has 0 fully saturated rings. The van der Waals surface area contributed by atoms with Gasteiger partial charge in [0.1, 0.15) is 11.5 Å². The van der Waals surface area contributed by atoms with E-state index in [4.69, 9.17) is 15.6 Å². The fourth-order valence-corrected chi connectivity index (χ4v) is 1.78. The number of carbonyl (C=O) groups excluding carboxylic acids is 1. The van der Waals surface area contributed by atoms with E-state index in [-0.39, 0.29) is 6.61 Å². The molecule has 3 N–H and O–H groups in total. The highest BCUT2D eigenvalue weighted by Gasteiger charge is 2.06. The molecule has 0 atom stereocenters. The standard InChI is InChI=1S/C15H15NO3/c1-10-8-13(6-7-14(10)15(16)18)19-12-4-2-11(9-17)3-5-12/h2-8,17H,9H2,1H3,(H2,16,18). The van der Waals surface area contributed by atoms with E-state index in [0.29, 0.717) is 17.1 Å². The lowest BCUT2D eigenvalue weighted by molar-refractivity contribution is 0.0999. The van der Waals surface area contributed by atoms with Crippen LogP contribution in [0.4, 0.5) is 0 Å². The molecular formula is C15H15NO3. The van der Waals surface area contributed by atoms with Gasteiger partial charge in [-0.1, -0.05) is 12.1 Å². The van der Waals surface area contributed by atoms with Gasteiger partial charge in [-0.15, -0.1) is 0 Å². The van der Waals surface area contributed by atoms with Gasteiger partial charge in [0.2, 0.25) is 5.91 Å². The van der Waals surface area contributed by atoms with Gasteiger partial charge in [-0.3, -0.25) is 4.79 Å². The van der Waals surface area contributed by atoms with Gasteiger partial charge in [0.25, 0.3) is 0 Å². The smallest absolute Gasteiger partial charge is 0.248 e. The zero-order valence-electron chi connectivity index (χ0n) is 10.6. The van der Waals surface area contributed by atoms with Crippen molar-refractivity contribution in [3.8, 4) is 11.5 Å². The Morgan fingerprint density at radius 2 is 1.79 bits per heavy atom. The molecule has 2 aromatic rings. The monoisotopic (exact) mass is 257 g/mol. The SMILES string of the molecule is Cc1cc(Oc2ccc(CO)cc2)ccc1C(N)=O. The molecule has 0 aliphatic carbocycles. The molecule has 0 spiro atoms. The molecule has 0 saturated carbocycles. The van der Waals surface area contributed by atoms with Gasteiger partial charge >= 0.3 is 0 Å². The molecule has 19 heavy (non-hydrogen) atoms. The van der Waals surface area contributed by atoms with Crippen LogP contribution < -0.4 is 10.5 Å². The molecule has 4 heteroatoms. The molecule has 0 aromatic heterocycles. The Morgan fingerprint density at radius 1 is 1.16 bits per heavy atom. The maximum absolute atomic E-state index is 11.1. The number of rotatable bonds is 4. The Labute approximate surface area is 111 Å². The molecule has 0 radical (unpaired) electrons. The molecule has 0 saturated heterocycles. The van der Waals surface area contributed by atoms with Crippen LogP contribution >= 0.6 is 0 Å². The minimum Gasteiger partial charge on any atom is -0.457 e. The lowest BCUT2D eigenvalue weighted by atomic mass is 10.1. The Balaban J connectivity index is 2.18. The summed E-state index contributed by atoms with van der Waals surface area (Å²) >= 11 is 0. The number of aryl methyl sites for hydroxylation is 1. The highest BCUT2D eigenvalue weighted by molar-refractivity contribution is 5.94. The van der Waals surface area contributed by atoms with E-state index in [1.807, 2.05) is 6.92 Å². The first-order chi connectivity index (χ1) is 9.10. The largest absolute Gasteiger partial charge is 0.457 e. The number of amides is 1. The number of benzene rings is 2. The minimum atomic E-state index is -0.448. The Bertz CT molecular complexity index is 591. The lowest BCUT2D eigenvalue weighted by Crippen LogP contribution is -2.12. The molecule has 2 rings (SSSR count). The molecule has 0 bridgehead atoms. The van der Waals surface area contributed by atoms with Crippen molar-refractivity contribution < 1.29 is 14.6 Å². The van der Waals surface area contributed by atoms with Gasteiger partial charge in [0, 0.05) is 5.56 Å². The Hall–Kier alpha value is -2.33. The number of hydrogen-bond donors (Lipinski definition) is 2. The number of ether oxygens (including phenoxy) is 1.